The molecule has 170 valence electrons. The van der Waals surface area contributed by atoms with Crippen molar-refractivity contribution in [1.29, 1.82) is 0 Å². The summed E-state index contributed by atoms with van der Waals surface area (Å²) in [7, 11) is 3.23. The van der Waals surface area contributed by atoms with E-state index >= 15 is 0 Å². The van der Waals surface area contributed by atoms with E-state index in [1.54, 1.807) is 11.6 Å². The fourth-order valence-electron chi connectivity index (χ4n) is 4.77. The molecule has 3 heterocycles. The SMILES string of the molecule is CC(C)Oc1ccccc1[C@@H]1OCCn2c(-c3ccccc3)c3c(=O)n(C)c(=O)n(C)c3c21. The van der Waals surface area contributed by atoms with Crippen molar-refractivity contribution in [1.82, 2.24) is 13.7 Å². The van der Waals surface area contributed by atoms with Gasteiger partial charge in [0.25, 0.3) is 5.56 Å². The molecule has 0 radical (unpaired) electrons. The number of aryl methyl sites for hydroxylation is 1. The van der Waals surface area contributed by atoms with Crippen LogP contribution in [0.1, 0.15) is 31.2 Å². The molecule has 1 aliphatic heterocycles. The van der Waals surface area contributed by atoms with Gasteiger partial charge in [-0.05, 0) is 25.5 Å². The van der Waals surface area contributed by atoms with Crippen LogP contribution in [0.25, 0.3) is 22.2 Å². The minimum absolute atomic E-state index is 0.00482. The molecule has 0 saturated carbocycles. The van der Waals surface area contributed by atoms with Crippen LogP contribution in [0, 0.1) is 0 Å². The topological polar surface area (TPSA) is 67.4 Å². The number of aromatic nitrogens is 3. The molecule has 33 heavy (non-hydrogen) atoms. The molecule has 0 bridgehead atoms. The van der Waals surface area contributed by atoms with Crippen LogP contribution in [-0.4, -0.2) is 26.4 Å². The van der Waals surface area contributed by atoms with Gasteiger partial charge in [-0.3, -0.25) is 13.9 Å². The molecule has 4 aromatic rings. The largest absolute Gasteiger partial charge is 0.491 e. The lowest BCUT2D eigenvalue weighted by atomic mass is 10.0. The molecule has 0 amide bonds. The van der Waals surface area contributed by atoms with Gasteiger partial charge in [-0.1, -0.05) is 48.5 Å². The number of fused-ring (bicyclic) bond motifs is 3. The Labute approximate surface area is 191 Å². The number of benzene rings is 2. The smallest absolute Gasteiger partial charge is 0.331 e. The van der Waals surface area contributed by atoms with Crippen LogP contribution < -0.4 is 16.0 Å². The molecule has 0 aliphatic carbocycles. The predicted octanol–water partition coefficient (Wildman–Crippen LogP) is 3.61. The number of hydrogen-bond acceptors (Lipinski definition) is 4. The van der Waals surface area contributed by atoms with Crippen LogP contribution in [0.15, 0.2) is 64.2 Å². The third-order valence-corrected chi connectivity index (χ3v) is 6.16. The minimum atomic E-state index is -0.480. The maximum Gasteiger partial charge on any atom is 0.331 e. The van der Waals surface area contributed by atoms with E-state index in [0.29, 0.717) is 24.1 Å². The number of nitrogens with zero attached hydrogens (tertiary/aromatic N) is 3. The van der Waals surface area contributed by atoms with Gasteiger partial charge in [-0.25, -0.2) is 4.79 Å². The van der Waals surface area contributed by atoms with E-state index in [4.69, 9.17) is 9.47 Å². The molecular formula is C26H27N3O4. The summed E-state index contributed by atoms with van der Waals surface area (Å²) in [5.74, 6) is 0.732. The third kappa shape index (κ3) is 3.31. The summed E-state index contributed by atoms with van der Waals surface area (Å²) < 4.78 is 17.3. The predicted molar refractivity (Wildman–Crippen MR) is 128 cm³/mol. The van der Waals surface area contributed by atoms with Crippen LogP contribution >= 0.6 is 0 Å². The summed E-state index contributed by atoms with van der Waals surface area (Å²) in [6, 6.07) is 17.6. The van der Waals surface area contributed by atoms with Gasteiger partial charge < -0.3 is 14.0 Å². The highest BCUT2D eigenvalue weighted by Crippen LogP contribution is 2.42. The molecule has 1 atom stereocenters. The van der Waals surface area contributed by atoms with Crippen molar-refractivity contribution in [3.8, 4) is 17.0 Å². The lowest BCUT2D eigenvalue weighted by Crippen LogP contribution is -2.37. The number of hydrogen-bond donors (Lipinski definition) is 0. The Kier molecular flexibility index (Phi) is 5.21. The average molecular weight is 446 g/mol. The molecule has 0 spiro atoms. The Morgan fingerprint density at radius 2 is 1.67 bits per heavy atom. The Bertz CT molecular complexity index is 1460. The fraction of sp³-hybridized carbons (Fsp3) is 0.308. The number of para-hydroxylation sites is 1. The van der Waals surface area contributed by atoms with Gasteiger partial charge in [0.05, 0.1) is 35.0 Å². The maximum absolute atomic E-state index is 13.4. The van der Waals surface area contributed by atoms with Crippen molar-refractivity contribution < 1.29 is 9.47 Å². The second-order valence-electron chi connectivity index (χ2n) is 8.64. The summed E-state index contributed by atoms with van der Waals surface area (Å²) in [6.07, 6.45) is -0.485. The summed E-state index contributed by atoms with van der Waals surface area (Å²) >= 11 is 0. The summed E-state index contributed by atoms with van der Waals surface area (Å²) in [5, 5.41) is 0.526. The Hall–Kier alpha value is -3.58. The van der Waals surface area contributed by atoms with Crippen molar-refractivity contribution in [3.63, 3.8) is 0 Å². The Balaban J connectivity index is 1.90. The van der Waals surface area contributed by atoms with Gasteiger partial charge in [0.15, 0.2) is 0 Å². The summed E-state index contributed by atoms with van der Waals surface area (Å²) in [6.45, 7) is 5.02. The quantitative estimate of drug-likeness (QED) is 0.481. The average Bonchev–Trinajstić information content (AvgIpc) is 3.17. The Morgan fingerprint density at radius 1 is 0.970 bits per heavy atom. The zero-order valence-corrected chi connectivity index (χ0v) is 19.2. The van der Waals surface area contributed by atoms with Crippen LogP contribution in [0.4, 0.5) is 0 Å². The van der Waals surface area contributed by atoms with Crippen molar-refractivity contribution in [2.75, 3.05) is 6.61 Å². The highest BCUT2D eigenvalue weighted by molar-refractivity contribution is 5.96. The lowest BCUT2D eigenvalue weighted by Gasteiger charge is -2.29. The van der Waals surface area contributed by atoms with E-state index in [1.165, 1.54) is 11.6 Å². The van der Waals surface area contributed by atoms with Gasteiger partial charge in [0.1, 0.15) is 11.9 Å². The van der Waals surface area contributed by atoms with Gasteiger partial charge >= 0.3 is 5.69 Å². The second kappa shape index (κ2) is 8.08. The van der Waals surface area contributed by atoms with E-state index in [1.807, 2.05) is 68.4 Å². The first-order valence-electron chi connectivity index (χ1n) is 11.1. The molecular weight excluding hydrogens is 418 g/mol. The van der Waals surface area contributed by atoms with Crippen molar-refractivity contribution in [2.24, 2.45) is 14.1 Å². The fourth-order valence-corrected chi connectivity index (χ4v) is 4.77. The van der Waals surface area contributed by atoms with Crippen LogP contribution in [0.5, 0.6) is 5.75 Å². The molecule has 7 heteroatoms. The third-order valence-electron chi connectivity index (χ3n) is 6.16. The maximum atomic E-state index is 13.4. The van der Waals surface area contributed by atoms with E-state index in [0.717, 1.165) is 28.3 Å². The lowest BCUT2D eigenvalue weighted by molar-refractivity contribution is 0.0453. The van der Waals surface area contributed by atoms with Gasteiger partial charge in [0, 0.05) is 26.2 Å². The molecule has 0 fully saturated rings. The molecule has 2 aromatic heterocycles. The molecule has 0 N–H and O–H groups in total. The van der Waals surface area contributed by atoms with E-state index in [-0.39, 0.29) is 17.4 Å². The first-order valence-corrected chi connectivity index (χ1v) is 11.1. The van der Waals surface area contributed by atoms with Crippen LogP contribution in [0.3, 0.4) is 0 Å². The number of rotatable bonds is 4. The highest BCUT2D eigenvalue weighted by Gasteiger charge is 2.34. The molecule has 5 rings (SSSR count). The van der Waals surface area contributed by atoms with Crippen molar-refractivity contribution in [2.45, 2.75) is 32.6 Å². The van der Waals surface area contributed by atoms with Crippen LogP contribution in [0.2, 0.25) is 0 Å². The van der Waals surface area contributed by atoms with Crippen molar-refractivity contribution in [3.05, 3.63) is 86.7 Å². The standard InChI is InChI=1S/C26H27N3O4/c1-16(2)33-19-13-9-8-12-18(19)24-23-22-20(25(30)28(4)26(31)27(22)3)21(29(23)14-15-32-24)17-10-6-5-7-11-17/h5-13,16,24H,14-15H2,1-4H3/t24-/m0/s1. The summed E-state index contributed by atoms with van der Waals surface area (Å²) in [4.78, 5) is 26.4. The zero-order chi connectivity index (χ0) is 23.3. The van der Waals surface area contributed by atoms with E-state index in [2.05, 4.69) is 4.57 Å². The Morgan fingerprint density at radius 3 is 2.39 bits per heavy atom. The van der Waals surface area contributed by atoms with Gasteiger partial charge in [-0.15, -0.1) is 0 Å². The molecule has 0 unspecified atom stereocenters. The van der Waals surface area contributed by atoms with E-state index in [9.17, 15) is 9.59 Å². The first kappa shape index (κ1) is 21.3. The van der Waals surface area contributed by atoms with Crippen LogP contribution in [-0.2, 0) is 25.4 Å². The second-order valence-corrected chi connectivity index (χ2v) is 8.64. The zero-order valence-electron chi connectivity index (χ0n) is 19.2. The van der Waals surface area contributed by atoms with Crippen molar-refractivity contribution >= 4 is 10.9 Å². The first-order chi connectivity index (χ1) is 15.9. The molecule has 0 saturated heterocycles. The normalized spacial score (nSPS) is 15.7. The van der Waals surface area contributed by atoms with Gasteiger partial charge in [0.2, 0.25) is 0 Å². The molecule has 7 nitrogen and oxygen atoms in total. The minimum Gasteiger partial charge on any atom is -0.491 e. The molecule has 1 aliphatic rings. The van der Waals surface area contributed by atoms with E-state index < -0.39 is 6.10 Å². The van der Waals surface area contributed by atoms with Gasteiger partial charge in [-0.2, -0.15) is 0 Å². The monoisotopic (exact) mass is 445 g/mol. The number of ether oxygens (including phenoxy) is 2. The molecule has 2 aromatic carbocycles. The summed E-state index contributed by atoms with van der Waals surface area (Å²) in [5.41, 5.74) is 3.34. The highest BCUT2D eigenvalue weighted by atomic mass is 16.5.